The number of alkyl halides is 1. The molecule has 0 bridgehead atoms. The predicted molar refractivity (Wildman–Crippen MR) is 141 cm³/mol. The zero-order valence-electron chi connectivity index (χ0n) is 21.2. The van der Waals surface area contributed by atoms with E-state index in [0.29, 0.717) is 25.6 Å². The Bertz CT molecular complexity index is 1220. The van der Waals surface area contributed by atoms with E-state index in [1.54, 1.807) is 0 Å². The van der Waals surface area contributed by atoms with Crippen LogP contribution in [-0.2, 0) is 4.79 Å². The lowest BCUT2D eigenvalue weighted by Crippen LogP contribution is -2.49. The Morgan fingerprint density at radius 2 is 1.58 bits per heavy atom. The molecule has 1 amide bonds. The molecule has 2 saturated heterocycles. The second kappa shape index (κ2) is 9.39. The molecule has 2 atom stereocenters. The maximum atomic E-state index is 13.3. The maximum absolute atomic E-state index is 13.3. The van der Waals surface area contributed by atoms with E-state index in [0.717, 1.165) is 56.0 Å². The number of amides is 1. The highest BCUT2D eigenvalue weighted by Gasteiger charge is 2.46. The van der Waals surface area contributed by atoms with Gasteiger partial charge in [-0.1, -0.05) is 12.1 Å². The van der Waals surface area contributed by atoms with Gasteiger partial charge in [0.2, 0.25) is 5.91 Å². The third kappa shape index (κ3) is 4.43. The van der Waals surface area contributed by atoms with E-state index < -0.39 is 12.1 Å². The molecular weight excluding hydrogens is 455 g/mol. The highest BCUT2D eigenvalue weighted by atomic mass is 19.1. The molecule has 1 aromatic carbocycles. The van der Waals surface area contributed by atoms with Crippen molar-refractivity contribution < 1.29 is 9.18 Å². The summed E-state index contributed by atoms with van der Waals surface area (Å²) in [5.74, 6) is -0.411. The largest absolute Gasteiger partial charge is 0.369 e. The standard InChI is InChI=1S/C28H35FN6O/c1-20(2)31-9-11-32(12-10-31)23-5-3-21(4-6-23)22-17-27-26(7-8-30-35(27)19-22)33-13-15-34(16-14-33)28(36)24-18-25(24)29/h3-8,17,19-20,24-25H,9-16,18H2,1-2H3/t24-,25-/m1/s1. The second-order valence-corrected chi connectivity index (χ2v) is 10.6. The van der Waals surface area contributed by atoms with Crippen LogP contribution in [0.25, 0.3) is 16.6 Å². The minimum atomic E-state index is -0.932. The van der Waals surface area contributed by atoms with Crippen molar-refractivity contribution >= 4 is 22.8 Å². The molecule has 2 aromatic heterocycles. The van der Waals surface area contributed by atoms with Crippen LogP contribution in [0.1, 0.15) is 20.3 Å². The minimum Gasteiger partial charge on any atom is -0.369 e. The van der Waals surface area contributed by atoms with E-state index >= 15 is 0 Å². The summed E-state index contributed by atoms with van der Waals surface area (Å²) in [5.41, 5.74) is 5.78. The van der Waals surface area contributed by atoms with Gasteiger partial charge in [0.1, 0.15) is 6.17 Å². The molecular formula is C28H35FN6O. The molecule has 2 aliphatic heterocycles. The van der Waals surface area contributed by atoms with Crippen molar-refractivity contribution in [2.75, 3.05) is 62.2 Å². The number of hydrogen-bond acceptors (Lipinski definition) is 5. The van der Waals surface area contributed by atoms with E-state index in [1.165, 1.54) is 11.3 Å². The Morgan fingerprint density at radius 3 is 2.22 bits per heavy atom. The van der Waals surface area contributed by atoms with Gasteiger partial charge in [-0.3, -0.25) is 9.69 Å². The van der Waals surface area contributed by atoms with Crippen LogP contribution in [0.3, 0.4) is 0 Å². The van der Waals surface area contributed by atoms with Gasteiger partial charge < -0.3 is 14.7 Å². The summed E-state index contributed by atoms with van der Waals surface area (Å²) in [5, 5.41) is 4.55. The quantitative estimate of drug-likeness (QED) is 0.548. The Balaban J connectivity index is 1.15. The van der Waals surface area contributed by atoms with Crippen molar-refractivity contribution in [3.63, 3.8) is 0 Å². The lowest BCUT2D eigenvalue weighted by atomic mass is 10.1. The van der Waals surface area contributed by atoms with Crippen molar-refractivity contribution in [1.82, 2.24) is 19.4 Å². The number of anilines is 2. The number of carbonyl (C=O) groups excluding carboxylic acids is 1. The Kier molecular flexibility index (Phi) is 6.07. The number of nitrogens with zero attached hydrogens (tertiary/aromatic N) is 6. The number of halogens is 1. The summed E-state index contributed by atoms with van der Waals surface area (Å²) in [7, 11) is 0. The van der Waals surface area contributed by atoms with E-state index in [4.69, 9.17) is 0 Å². The fraction of sp³-hybridized carbons (Fsp3) is 0.500. The first-order valence-electron chi connectivity index (χ1n) is 13.2. The molecule has 1 aliphatic carbocycles. The van der Waals surface area contributed by atoms with E-state index in [1.807, 2.05) is 15.6 Å². The summed E-state index contributed by atoms with van der Waals surface area (Å²) in [4.78, 5) is 21.5. The lowest BCUT2D eigenvalue weighted by molar-refractivity contribution is -0.133. The topological polar surface area (TPSA) is 47.3 Å². The predicted octanol–water partition coefficient (Wildman–Crippen LogP) is 3.54. The monoisotopic (exact) mass is 490 g/mol. The summed E-state index contributed by atoms with van der Waals surface area (Å²) in [6.45, 7) is 11.6. The molecule has 190 valence electrons. The van der Waals surface area contributed by atoms with Crippen molar-refractivity contribution in [3.05, 3.63) is 48.8 Å². The zero-order valence-corrected chi connectivity index (χ0v) is 21.2. The Morgan fingerprint density at radius 1 is 0.917 bits per heavy atom. The highest BCUT2D eigenvalue weighted by molar-refractivity contribution is 5.83. The normalized spacial score (nSPS) is 23.1. The number of carbonyl (C=O) groups is 1. The van der Waals surface area contributed by atoms with Crippen molar-refractivity contribution in [2.45, 2.75) is 32.5 Å². The average Bonchev–Trinajstić information content (AvgIpc) is 3.48. The number of piperazine rings is 2. The van der Waals surface area contributed by atoms with E-state index in [9.17, 15) is 9.18 Å². The van der Waals surface area contributed by atoms with Crippen LogP contribution in [0, 0.1) is 5.92 Å². The van der Waals surface area contributed by atoms with Crippen LogP contribution in [0.5, 0.6) is 0 Å². The molecule has 0 spiro atoms. The SMILES string of the molecule is CC(C)N1CCN(c2ccc(-c3cc4c(N5CCN(C(=O)[C@@H]6C[C@H]6F)CC5)ccnn4c3)cc2)CC1. The van der Waals surface area contributed by atoms with Gasteiger partial charge in [-0.2, -0.15) is 5.10 Å². The minimum absolute atomic E-state index is 0.0164. The molecule has 0 radical (unpaired) electrons. The van der Waals surface area contributed by atoms with Crippen molar-refractivity contribution in [1.29, 1.82) is 0 Å². The fourth-order valence-electron chi connectivity index (χ4n) is 5.61. The molecule has 3 aliphatic rings. The maximum Gasteiger partial charge on any atom is 0.228 e. The summed E-state index contributed by atoms with van der Waals surface area (Å²) >= 11 is 0. The molecule has 0 N–H and O–H groups in total. The smallest absolute Gasteiger partial charge is 0.228 e. The van der Waals surface area contributed by atoms with Gasteiger partial charge in [-0.25, -0.2) is 8.91 Å². The first-order chi connectivity index (χ1) is 17.5. The van der Waals surface area contributed by atoms with E-state index in [2.05, 4.69) is 76.2 Å². The number of fused-ring (bicyclic) bond motifs is 1. The van der Waals surface area contributed by atoms with Crippen LogP contribution < -0.4 is 9.80 Å². The summed E-state index contributed by atoms with van der Waals surface area (Å²) < 4.78 is 15.3. The van der Waals surface area contributed by atoms with Gasteiger partial charge in [0.05, 0.1) is 17.1 Å². The van der Waals surface area contributed by atoms with Crippen LogP contribution >= 0.6 is 0 Å². The lowest BCUT2D eigenvalue weighted by Gasteiger charge is -2.38. The van der Waals surface area contributed by atoms with Crippen LogP contribution in [0.4, 0.5) is 15.8 Å². The van der Waals surface area contributed by atoms with Gasteiger partial charge in [-0.05, 0) is 50.1 Å². The number of hydrogen-bond donors (Lipinski definition) is 0. The third-order valence-corrected chi connectivity index (χ3v) is 8.06. The second-order valence-electron chi connectivity index (χ2n) is 10.6. The Hall–Kier alpha value is -3.13. The van der Waals surface area contributed by atoms with Gasteiger partial charge in [0.25, 0.3) is 0 Å². The average molecular weight is 491 g/mol. The molecule has 1 saturated carbocycles. The summed E-state index contributed by atoms with van der Waals surface area (Å²) in [6, 6.07) is 13.7. The van der Waals surface area contributed by atoms with E-state index in [-0.39, 0.29) is 5.91 Å². The molecule has 3 aromatic rings. The molecule has 0 unspecified atom stereocenters. The Labute approximate surface area is 212 Å². The number of rotatable bonds is 5. The number of benzene rings is 1. The van der Waals surface area contributed by atoms with Gasteiger partial charge >= 0.3 is 0 Å². The van der Waals surface area contributed by atoms with Crippen molar-refractivity contribution in [2.24, 2.45) is 5.92 Å². The molecule has 6 rings (SSSR count). The first kappa shape index (κ1) is 23.3. The van der Waals surface area contributed by atoms with Crippen LogP contribution in [-0.4, -0.2) is 89.9 Å². The van der Waals surface area contributed by atoms with Crippen LogP contribution in [0.15, 0.2) is 48.8 Å². The number of aromatic nitrogens is 2. The van der Waals surface area contributed by atoms with Gasteiger partial charge in [0, 0.05) is 82.0 Å². The van der Waals surface area contributed by atoms with Gasteiger partial charge in [0.15, 0.2) is 0 Å². The fourth-order valence-corrected chi connectivity index (χ4v) is 5.61. The van der Waals surface area contributed by atoms with Gasteiger partial charge in [-0.15, -0.1) is 0 Å². The molecule has 7 nitrogen and oxygen atoms in total. The molecule has 36 heavy (non-hydrogen) atoms. The highest BCUT2D eigenvalue weighted by Crippen LogP contribution is 2.36. The molecule has 3 fully saturated rings. The molecule has 8 heteroatoms. The molecule has 4 heterocycles. The third-order valence-electron chi connectivity index (χ3n) is 8.06. The first-order valence-corrected chi connectivity index (χ1v) is 13.2. The summed E-state index contributed by atoms with van der Waals surface area (Å²) in [6.07, 6.45) is 3.39. The van der Waals surface area contributed by atoms with Crippen molar-refractivity contribution in [3.8, 4) is 11.1 Å². The zero-order chi connectivity index (χ0) is 24.8. The van der Waals surface area contributed by atoms with Crippen LogP contribution in [0.2, 0.25) is 0 Å².